The van der Waals surface area contributed by atoms with Crippen molar-refractivity contribution in [1.29, 1.82) is 0 Å². The van der Waals surface area contributed by atoms with Gasteiger partial charge in [0.15, 0.2) is 11.5 Å². The van der Waals surface area contributed by atoms with Crippen molar-refractivity contribution >= 4 is 67.0 Å². The van der Waals surface area contributed by atoms with Gasteiger partial charge in [0.1, 0.15) is 5.57 Å². The maximum atomic E-state index is 12.7. The van der Waals surface area contributed by atoms with Crippen LogP contribution < -0.4 is 15.2 Å². The van der Waals surface area contributed by atoms with Gasteiger partial charge in [-0.15, -0.1) is 0 Å². The fraction of sp³-hybridized carbons (Fsp3) is 0.111. The van der Waals surface area contributed by atoms with Gasteiger partial charge in [0, 0.05) is 9.50 Å². The lowest BCUT2D eigenvalue weighted by Gasteiger charge is -2.14. The first kappa shape index (κ1) is 19.7. The minimum absolute atomic E-state index is 0.0595. The van der Waals surface area contributed by atoms with Gasteiger partial charge in [0.2, 0.25) is 0 Å². The first-order chi connectivity index (χ1) is 12.8. The molecule has 0 atom stereocenters. The van der Waals surface area contributed by atoms with Crippen molar-refractivity contribution in [2.75, 3.05) is 11.6 Å². The van der Waals surface area contributed by atoms with Crippen molar-refractivity contribution in [3.63, 3.8) is 0 Å². The molecule has 1 saturated heterocycles. The van der Waals surface area contributed by atoms with Crippen molar-refractivity contribution in [3.8, 4) is 11.5 Å². The third-order valence-corrected chi connectivity index (χ3v) is 6.13. The van der Waals surface area contributed by atoms with Crippen LogP contribution in [0.4, 0.5) is 5.69 Å². The van der Waals surface area contributed by atoms with Crippen LogP contribution in [0.3, 0.4) is 0 Å². The van der Waals surface area contributed by atoms with E-state index in [1.165, 1.54) is 6.08 Å². The molecule has 9 heteroatoms. The number of anilines is 1. The van der Waals surface area contributed by atoms with E-state index in [0.29, 0.717) is 31.8 Å². The molecule has 140 valence electrons. The second-order valence-corrected chi connectivity index (χ2v) is 7.52. The number of hydrogen-bond acceptors (Lipinski definition) is 4. The maximum Gasteiger partial charge on any atom is 0.282 e. The predicted molar refractivity (Wildman–Crippen MR) is 110 cm³/mol. The summed E-state index contributed by atoms with van der Waals surface area (Å²) in [5, 5.41) is 11.7. The van der Waals surface area contributed by atoms with Gasteiger partial charge < -0.3 is 9.84 Å². The van der Waals surface area contributed by atoms with Crippen molar-refractivity contribution in [2.24, 2.45) is 0 Å². The summed E-state index contributed by atoms with van der Waals surface area (Å²) >= 11 is 12.6. The van der Waals surface area contributed by atoms with Crippen LogP contribution in [-0.4, -0.2) is 23.5 Å². The Kier molecular flexibility index (Phi) is 5.78. The van der Waals surface area contributed by atoms with Crippen LogP contribution in [-0.2, 0) is 9.59 Å². The summed E-state index contributed by atoms with van der Waals surface area (Å²) in [6.45, 7) is 2.13. The first-order valence-corrected chi connectivity index (χ1v) is 9.76. The number of hydrazine groups is 1. The quantitative estimate of drug-likeness (QED) is 0.466. The first-order valence-electron chi connectivity index (χ1n) is 7.80. The summed E-state index contributed by atoms with van der Waals surface area (Å²) < 4.78 is 6.24. The molecule has 0 aliphatic carbocycles. The summed E-state index contributed by atoms with van der Waals surface area (Å²) in [4.78, 5) is 25.1. The largest absolute Gasteiger partial charge is 0.503 e. The number of phenols is 1. The highest BCUT2D eigenvalue weighted by molar-refractivity contribution is 9.13. The average molecular weight is 517 g/mol. The molecule has 1 fully saturated rings. The van der Waals surface area contributed by atoms with E-state index in [1.807, 2.05) is 0 Å². The minimum atomic E-state index is -0.547. The van der Waals surface area contributed by atoms with Gasteiger partial charge in [-0.05, 0) is 74.7 Å². The molecule has 2 aromatic rings. The van der Waals surface area contributed by atoms with Gasteiger partial charge >= 0.3 is 0 Å². The Bertz CT molecular complexity index is 978. The van der Waals surface area contributed by atoms with Gasteiger partial charge in [-0.3, -0.25) is 15.0 Å². The molecule has 0 aromatic heterocycles. The van der Waals surface area contributed by atoms with Crippen LogP contribution in [0.2, 0.25) is 5.02 Å². The lowest BCUT2D eigenvalue weighted by atomic mass is 10.1. The summed E-state index contributed by atoms with van der Waals surface area (Å²) in [6.07, 6.45) is 1.43. The number of benzene rings is 2. The number of nitrogens with one attached hydrogen (secondary N) is 1. The van der Waals surface area contributed by atoms with Crippen molar-refractivity contribution in [2.45, 2.75) is 6.92 Å². The number of hydrogen-bond donors (Lipinski definition) is 2. The lowest BCUT2D eigenvalue weighted by Crippen LogP contribution is -2.35. The fourth-order valence-corrected chi connectivity index (χ4v) is 3.52. The van der Waals surface area contributed by atoms with E-state index in [0.717, 1.165) is 5.01 Å². The highest BCUT2D eigenvalue weighted by Crippen LogP contribution is 2.42. The second-order valence-electron chi connectivity index (χ2n) is 5.49. The Hall–Kier alpha value is -2.03. The zero-order chi connectivity index (χ0) is 19.7. The Balaban J connectivity index is 2.02. The second kappa shape index (κ2) is 7.92. The lowest BCUT2D eigenvalue weighted by molar-refractivity contribution is -0.117. The molecule has 2 N–H and O–H groups in total. The van der Waals surface area contributed by atoms with E-state index >= 15 is 0 Å². The van der Waals surface area contributed by atoms with Gasteiger partial charge in [0.05, 0.1) is 16.8 Å². The molecule has 0 spiro atoms. The molecule has 0 unspecified atom stereocenters. The molecule has 0 saturated carbocycles. The van der Waals surface area contributed by atoms with Gasteiger partial charge in [-0.1, -0.05) is 17.7 Å². The molecule has 1 aliphatic heterocycles. The van der Waals surface area contributed by atoms with E-state index in [4.69, 9.17) is 16.3 Å². The SMILES string of the molecule is CCOc1cc(/C=C2\C(=O)NN(c3cccc(Cl)c3)C2=O)c(Br)c(Br)c1O. The van der Waals surface area contributed by atoms with Crippen LogP contribution in [0.25, 0.3) is 6.08 Å². The molecule has 1 heterocycles. The highest BCUT2D eigenvalue weighted by Gasteiger charge is 2.35. The summed E-state index contributed by atoms with van der Waals surface area (Å²) in [5.41, 5.74) is 3.40. The fourth-order valence-electron chi connectivity index (χ4n) is 2.49. The highest BCUT2D eigenvalue weighted by atomic mass is 79.9. The number of aromatic hydroxyl groups is 1. The van der Waals surface area contributed by atoms with Crippen molar-refractivity contribution < 1.29 is 19.4 Å². The molecule has 0 bridgehead atoms. The molecule has 1 aliphatic rings. The van der Waals surface area contributed by atoms with Crippen LogP contribution in [0.5, 0.6) is 11.5 Å². The summed E-state index contributed by atoms with van der Waals surface area (Å²) in [6, 6.07) is 8.13. The monoisotopic (exact) mass is 514 g/mol. The van der Waals surface area contributed by atoms with E-state index in [9.17, 15) is 14.7 Å². The van der Waals surface area contributed by atoms with Crippen molar-refractivity contribution in [3.05, 3.63) is 55.4 Å². The van der Waals surface area contributed by atoms with E-state index in [-0.39, 0.29) is 17.1 Å². The number of phenolic OH excluding ortho intramolecular Hbond substituents is 1. The minimum Gasteiger partial charge on any atom is -0.503 e. The molecule has 3 rings (SSSR count). The van der Waals surface area contributed by atoms with Crippen LogP contribution in [0.15, 0.2) is 44.9 Å². The smallest absolute Gasteiger partial charge is 0.282 e. The van der Waals surface area contributed by atoms with Crippen LogP contribution >= 0.6 is 43.5 Å². The van der Waals surface area contributed by atoms with Gasteiger partial charge in [-0.25, -0.2) is 5.01 Å². The normalized spacial score (nSPS) is 15.4. The molecule has 0 radical (unpaired) electrons. The number of nitrogens with zero attached hydrogens (tertiary/aromatic N) is 1. The zero-order valence-corrected chi connectivity index (χ0v) is 17.9. The van der Waals surface area contributed by atoms with E-state index in [1.54, 1.807) is 37.3 Å². The topological polar surface area (TPSA) is 78.9 Å². The Morgan fingerprint density at radius 1 is 1.26 bits per heavy atom. The Labute approximate surface area is 177 Å². The third-order valence-electron chi connectivity index (χ3n) is 3.73. The summed E-state index contributed by atoms with van der Waals surface area (Å²) in [7, 11) is 0. The van der Waals surface area contributed by atoms with E-state index < -0.39 is 11.8 Å². The number of carbonyl (C=O) groups excluding carboxylic acids is 2. The molecule has 6 nitrogen and oxygen atoms in total. The molecular formula is C18H13Br2ClN2O4. The average Bonchev–Trinajstić information content (AvgIpc) is 2.92. The standard InChI is InChI=1S/C18H13Br2ClN2O4/c1-2-27-13-7-9(14(19)15(20)16(13)24)6-12-17(25)22-23(18(12)26)11-5-3-4-10(21)8-11/h3-8,24H,2H2,1H3,(H,22,25)/b12-6+. The molecule has 27 heavy (non-hydrogen) atoms. The van der Waals surface area contributed by atoms with Crippen molar-refractivity contribution in [1.82, 2.24) is 5.43 Å². The third kappa shape index (κ3) is 3.83. The van der Waals surface area contributed by atoms with Gasteiger partial charge in [-0.2, -0.15) is 0 Å². The van der Waals surface area contributed by atoms with E-state index in [2.05, 4.69) is 37.3 Å². The van der Waals surface area contributed by atoms with Crippen LogP contribution in [0, 0.1) is 0 Å². The molecule has 2 aromatic carbocycles. The number of rotatable bonds is 4. The summed E-state index contributed by atoms with van der Waals surface area (Å²) in [5.74, 6) is -0.907. The van der Waals surface area contributed by atoms with Crippen LogP contribution in [0.1, 0.15) is 12.5 Å². The van der Waals surface area contributed by atoms with Gasteiger partial charge in [0.25, 0.3) is 11.8 Å². The Morgan fingerprint density at radius 2 is 2.00 bits per heavy atom. The number of amides is 2. The number of ether oxygens (including phenoxy) is 1. The Morgan fingerprint density at radius 3 is 2.67 bits per heavy atom. The zero-order valence-electron chi connectivity index (χ0n) is 13.9. The predicted octanol–water partition coefficient (Wildman–Crippen LogP) is 4.43. The number of halogens is 3. The molecule has 2 amide bonds. The molecular weight excluding hydrogens is 503 g/mol. The number of carbonyl (C=O) groups is 2. The maximum absolute atomic E-state index is 12.7.